The Labute approximate surface area is 153 Å². The van der Waals surface area contributed by atoms with Gasteiger partial charge in [-0.3, -0.25) is 9.59 Å². The van der Waals surface area contributed by atoms with E-state index in [4.69, 9.17) is 11.6 Å². The highest BCUT2D eigenvalue weighted by Gasteiger charge is 2.13. The fraction of sp³-hybridized carbons (Fsp3) is 0.300. The topological polar surface area (TPSA) is 58.2 Å². The van der Waals surface area contributed by atoms with Crippen molar-refractivity contribution < 1.29 is 9.59 Å². The van der Waals surface area contributed by atoms with Crippen molar-refractivity contribution in [3.05, 3.63) is 63.7 Å². The van der Waals surface area contributed by atoms with Gasteiger partial charge in [0.25, 0.3) is 11.8 Å². The van der Waals surface area contributed by atoms with E-state index in [-0.39, 0.29) is 17.9 Å². The predicted molar refractivity (Wildman–Crippen MR) is 103 cm³/mol. The van der Waals surface area contributed by atoms with Gasteiger partial charge >= 0.3 is 0 Å². The second-order valence-corrected chi connectivity index (χ2v) is 6.66. The summed E-state index contributed by atoms with van der Waals surface area (Å²) in [6.45, 7) is 7.81. The Kier molecular flexibility index (Phi) is 6.21. The largest absolute Gasteiger partial charge is 0.350 e. The van der Waals surface area contributed by atoms with Crippen LogP contribution in [0.2, 0.25) is 5.02 Å². The monoisotopic (exact) mass is 358 g/mol. The summed E-state index contributed by atoms with van der Waals surface area (Å²) >= 11 is 6.23. The molecule has 0 saturated heterocycles. The first kappa shape index (κ1) is 19.0. The Morgan fingerprint density at radius 3 is 2.12 bits per heavy atom. The Morgan fingerprint density at radius 1 is 1.04 bits per heavy atom. The molecule has 5 heteroatoms. The first-order chi connectivity index (χ1) is 11.8. The fourth-order valence-electron chi connectivity index (χ4n) is 2.44. The molecule has 2 amide bonds. The molecule has 25 heavy (non-hydrogen) atoms. The molecule has 0 spiro atoms. The summed E-state index contributed by atoms with van der Waals surface area (Å²) in [6, 6.07) is 10.5. The Hall–Kier alpha value is -2.33. The van der Waals surface area contributed by atoms with E-state index in [2.05, 4.69) is 10.6 Å². The summed E-state index contributed by atoms with van der Waals surface area (Å²) in [4.78, 5) is 24.5. The van der Waals surface area contributed by atoms with Gasteiger partial charge in [-0.1, -0.05) is 24.6 Å². The van der Waals surface area contributed by atoms with Crippen LogP contribution in [0.3, 0.4) is 0 Å². The number of carbonyl (C=O) groups is 2. The van der Waals surface area contributed by atoms with E-state index >= 15 is 0 Å². The molecule has 0 radical (unpaired) electrons. The Bertz CT molecular complexity index is 762. The number of rotatable bonds is 5. The van der Waals surface area contributed by atoms with Crippen LogP contribution in [0.15, 0.2) is 36.4 Å². The molecule has 1 unspecified atom stereocenters. The van der Waals surface area contributed by atoms with E-state index < -0.39 is 0 Å². The molecule has 2 N–H and O–H groups in total. The minimum Gasteiger partial charge on any atom is -0.350 e. The minimum atomic E-state index is -0.261. The quantitative estimate of drug-likeness (QED) is 0.811. The second-order valence-electron chi connectivity index (χ2n) is 6.25. The van der Waals surface area contributed by atoms with Crippen molar-refractivity contribution in [3.8, 4) is 0 Å². The molecule has 1 atom stereocenters. The van der Waals surface area contributed by atoms with E-state index in [0.717, 1.165) is 17.5 Å². The number of amides is 2. The lowest BCUT2D eigenvalue weighted by molar-refractivity contribution is 0.0937. The lowest BCUT2D eigenvalue weighted by Gasteiger charge is -2.13. The third-order valence-corrected chi connectivity index (χ3v) is 4.37. The summed E-state index contributed by atoms with van der Waals surface area (Å²) in [5.41, 5.74) is 3.55. The molecule has 0 aliphatic rings. The van der Waals surface area contributed by atoms with E-state index in [9.17, 15) is 9.59 Å². The van der Waals surface area contributed by atoms with Crippen molar-refractivity contribution in [2.75, 3.05) is 5.32 Å². The molecule has 2 aromatic carbocycles. The normalized spacial score (nSPS) is 11.7. The van der Waals surface area contributed by atoms with E-state index in [1.165, 1.54) is 0 Å². The number of anilines is 1. The van der Waals surface area contributed by atoms with Gasteiger partial charge < -0.3 is 10.6 Å². The van der Waals surface area contributed by atoms with Gasteiger partial charge in [0.2, 0.25) is 0 Å². The summed E-state index contributed by atoms with van der Waals surface area (Å²) in [6.07, 6.45) is 0.864. The van der Waals surface area contributed by atoms with Gasteiger partial charge in [0.05, 0.1) is 10.7 Å². The van der Waals surface area contributed by atoms with Gasteiger partial charge in [0.1, 0.15) is 0 Å². The zero-order valence-electron chi connectivity index (χ0n) is 14.9. The lowest BCUT2D eigenvalue weighted by atomic mass is 10.1. The fourth-order valence-corrected chi connectivity index (χ4v) is 2.81. The van der Waals surface area contributed by atoms with Crippen molar-refractivity contribution in [2.45, 2.75) is 40.2 Å². The number of hydrogen-bond donors (Lipinski definition) is 2. The number of carbonyl (C=O) groups excluding carboxylic acids is 2. The molecule has 4 nitrogen and oxygen atoms in total. The van der Waals surface area contributed by atoms with Crippen LogP contribution in [0.25, 0.3) is 0 Å². The van der Waals surface area contributed by atoms with E-state index in [0.29, 0.717) is 21.8 Å². The van der Waals surface area contributed by atoms with Gasteiger partial charge in [-0.05, 0) is 68.7 Å². The number of benzene rings is 2. The lowest BCUT2D eigenvalue weighted by Crippen LogP contribution is -2.31. The highest BCUT2D eigenvalue weighted by atomic mass is 35.5. The summed E-state index contributed by atoms with van der Waals surface area (Å²) in [7, 11) is 0. The van der Waals surface area contributed by atoms with Crippen LogP contribution in [-0.2, 0) is 0 Å². The second kappa shape index (κ2) is 8.17. The zero-order valence-corrected chi connectivity index (χ0v) is 15.7. The van der Waals surface area contributed by atoms with Crippen molar-refractivity contribution >= 4 is 29.1 Å². The average Bonchev–Trinajstić information content (AvgIpc) is 2.57. The highest BCUT2D eigenvalue weighted by molar-refractivity contribution is 6.34. The van der Waals surface area contributed by atoms with Crippen LogP contribution in [0.4, 0.5) is 5.69 Å². The maximum Gasteiger partial charge on any atom is 0.255 e. The molecule has 2 aromatic rings. The molecule has 0 aliphatic heterocycles. The van der Waals surface area contributed by atoms with E-state index in [1.807, 2.05) is 39.8 Å². The molecular weight excluding hydrogens is 336 g/mol. The number of nitrogens with one attached hydrogen (secondary N) is 2. The molecule has 132 valence electrons. The van der Waals surface area contributed by atoms with Crippen molar-refractivity contribution in [1.29, 1.82) is 0 Å². The maximum atomic E-state index is 12.4. The molecule has 0 bridgehead atoms. The smallest absolute Gasteiger partial charge is 0.255 e. The number of halogens is 1. The molecule has 0 saturated carbocycles. The maximum absolute atomic E-state index is 12.4. The Balaban J connectivity index is 2.12. The van der Waals surface area contributed by atoms with Gasteiger partial charge in [0, 0.05) is 17.2 Å². The molecule has 0 aromatic heterocycles. The van der Waals surface area contributed by atoms with Gasteiger partial charge in [-0.15, -0.1) is 0 Å². The third kappa shape index (κ3) is 4.83. The van der Waals surface area contributed by atoms with Crippen molar-refractivity contribution in [2.24, 2.45) is 0 Å². The SMILES string of the molecule is CCC(C)NC(=O)c1ccc(C(=O)Nc2c(C)cc(C)cc2Cl)cc1. The van der Waals surface area contributed by atoms with Crippen LogP contribution in [0.1, 0.15) is 52.1 Å². The molecule has 0 fully saturated rings. The van der Waals surface area contributed by atoms with Crippen LogP contribution >= 0.6 is 11.6 Å². The number of hydrogen-bond acceptors (Lipinski definition) is 2. The molecule has 0 heterocycles. The van der Waals surface area contributed by atoms with Gasteiger partial charge in [-0.2, -0.15) is 0 Å². The Morgan fingerprint density at radius 2 is 1.60 bits per heavy atom. The minimum absolute atomic E-state index is 0.113. The van der Waals surface area contributed by atoms with Gasteiger partial charge in [-0.25, -0.2) is 0 Å². The van der Waals surface area contributed by atoms with E-state index in [1.54, 1.807) is 24.3 Å². The van der Waals surface area contributed by atoms with Crippen LogP contribution in [0.5, 0.6) is 0 Å². The first-order valence-electron chi connectivity index (χ1n) is 8.30. The van der Waals surface area contributed by atoms with Crippen molar-refractivity contribution in [1.82, 2.24) is 5.32 Å². The summed E-state index contributed by atoms with van der Waals surface area (Å²) in [5.74, 6) is -0.401. The first-order valence-corrected chi connectivity index (χ1v) is 8.68. The summed E-state index contributed by atoms with van der Waals surface area (Å²) < 4.78 is 0. The molecular formula is C20H23ClN2O2. The van der Waals surface area contributed by atoms with Crippen LogP contribution in [-0.4, -0.2) is 17.9 Å². The highest BCUT2D eigenvalue weighted by Crippen LogP contribution is 2.27. The van der Waals surface area contributed by atoms with Gasteiger partial charge in [0.15, 0.2) is 0 Å². The predicted octanol–water partition coefficient (Wildman–Crippen LogP) is 4.74. The van der Waals surface area contributed by atoms with Crippen molar-refractivity contribution in [3.63, 3.8) is 0 Å². The van der Waals surface area contributed by atoms with Crippen LogP contribution < -0.4 is 10.6 Å². The third-order valence-electron chi connectivity index (χ3n) is 4.07. The average molecular weight is 359 g/mol. The molecule has 2 rings (SSSR count). The number of aryl methyl sites for hydroxylation is 2. The standard InChI is InChI=1S/C20H23ClN2O2/c1-5-14(4)22-19(24)15-6-8-16(9-7-15)20(25)23-18-13(3)10-12(2)11-17(18)21/h6-11,14H,5H2,1-4H3,(H,22,24)(H,23,25). The molecule has 0 aliphatic carbocycles. The summed E-state index contributed by atoms with van der Waals surface area (Å²) in [5, 5.41) is 6.25. The zero-order chi connectivity index (χ0) is 18.6. The van der Waals surface area contributed by atoms with Crippen LogP contribution in [0, 0.1) is 13.8 Å².